The fourth-order valence-corrected chi connectivity index (χ4v) is 10.1. The number of allylic oxidation sites excluding steroid dienone is 6. The van der Waals surface area contributed by atoms with Gasteiger partial charge in [-0.1, -0.05) is 243 Å². The number of carbonyl (C=O) groups is 1. The topological polar surface area (TPSA) is 192 Å². The van der Waals surface area contributed by atoms with Gasteiger partial charge in [-0.3, -0.25) is 13.8 Å². The molecule has 0 heterocycles. The van der Waals surface area contributed by atoms with Gasteiger partial charge in [0.05, 0.1) is 13.2 Å². The second kappa shape index (κ2) is 48.2. The van der Waals surface area contributed by atoms with Crippen molar-refractivity contribution >= 4 is 13.8 Å². The van der Waals surface area contributed by atoms with Crippen LogP contribution in [0.5, 0.6) is 0 Å². The van der Waals surface area contributed by atoms with Gasteiger partial charge in [0.2, 0.25) is 0 Å². The second-order valence-electron chi connectivity index (χ2n) is 20.5. The van der Waals surface area contributed by atoms with Crippen LogP contribution in [-0.2, 0) is 27.9 Å². The van der Waals surface area contributed by atoms with Gasteiger partial charge >= 0.3 is 13.8 Å². The maximum Gasteiger partial charge on any atom is 0.472 e. The Morgan fingerprint density at radius 3 is 1.20 bits per heavy atom. The zero-order valence-electron chi connectivity index (χ0n) is 45.3. The number of unbranched alkanes of at least 4 members (excludes halogenated alkanes) is 33. The highest BCUT2D eigenvalue weighted by atomic mass is 31.2. The van der Waals surface area contributed by atoms with Crippen LogP contribution < -0.4 is 0 Å². The molecule has 0 amide bonds. The molecule has 1 aliphatic carbocycles. The monoisotopic (exact) mass is 1030 g/mol. The number of ether oxygens (including phenoxy) is 2. The van der Waals surface area contributed by atoms with Crippen LogP contribution in [0.2, 0.25) is 0 Å². The Morgan fingerprint density at radius 1 is 0.451 bits per heavy atom. The molecular formula is C58H109O12P. The van der Waals surface area contributed by atoms with Crippen molar-refractivity contribution in [3.05, 3.63) is 36.5 Å². The predicted molar refractivity (Wildman–Crippen MR) is 290 cm³/mol. The molecule has 418 valence electrons. The van der Waals surface area contributed by atoms with E-state index in [0.717, 1.165) is 64.2 Å². The van der Waals surface area contributed by atoms with E-state index in [1.165, 1.54) is 173 Å². The number of carbonyl (C=O) groups excluding carboxylic acids is 1. The molecule has 0 bridgehead atoms. The lowest BCUT2D eigenvalue weighted by atomic mass is 9.85. The van der Waals surface area contributed by atoms with Gasteiger partial charge in [-0.15, -0.1) is 0 Å². The van der Waals surface area contributed by atoms with E-state index in [2.05, 4.69) is 50.3 Å². The molecule has 13 heteroatoms. The lowest BCUT2D eigenvalue weighted by Crippen LogP contribution is -2.64. The SMILES string of the molecule is CCCCCCC/C=C\C/C=C\C/C=C\CCCCCCCCCCCOCC(COP(=O)(O)OC1C(O)C(O)C(O)C(O)C1O)OC(=O)CCCCCCCCCCCCCCCCCCCCCC. The lowest BCUT2D eigenvalue weighted by molar-refractivity contribution is -0.220. The van der Waals surface area contributed by atoms with E-state index in [1.807, 2.05) is 0 Å². The summed E-state index contributed by atoms with van der Waals surface area (Å²) < 4.78 is 34.4. The summed E-state index contributed by atoms with van der Waals surface area (Å²) in [4.78, 5) is 23.3. The molecule has 6 unspecified atom stereocenters. The molecule has 12 nitrogen and oxygen atoms in total. The Bertz CT molecular complexity index is 1310. The van der Waals surface area contributed by atoms with Gasteiger partial charge in [0, 0.05) is 13.0 Å². The minimum Gasteiger partial charge on any atom is -0.457 e. The second-order valence-corrected chi connectivity index (χ2v) is 21.9. The van der Waals surface area contributed by atoms with Crippen LogP contribution in [0, 0.1) is 0 Å². The molecule has 0 aromatic rings. The molecule has 1 rings (SSSR count). The molecule has 1 saturated carbocycles. The molecule has 0 saturated heterocycles. The number of phosphoric ester groups is 1. The smallest absolute Gasteiger partial charge is 0.457 e. The minimum atomic E-state index is -5.03. The Morgan fingerprint density at radius 2 is 0.789 bits per heavy atom. The highest BCUT2D eigenvalue weighted by Crippen LogP contribution is 2.47. The number of hydrogen-bond acceptors (Lipinski definition) is 11. The molecular weight excluding hydrogens is 920 g/mol. The molecule has 0 spiro atoms. The van der Waals surface area contributed by atoms with Gasteiger partial charge in [-0.05, 0) is 51.4 Å². The van der Waals surface area contributed by atoms with Crippen molar-refractivity contribution in [3.8, 4) is 0 Å². The third-order valence-corrected chi connectivity index (χ3v) is 14.8. The van der Waals surface area contributed by atoms with Crippen molar-refractivity contribution in [3.63, 3.8) is 0 Å². The first-order chi connectivity index (χ1) is 34.5. The summed E-state index contributed by atoms with van der Waals surface area (Å²) in [6, 6.07) is 0. The first kappa shape index (κ1) is 67.6. The molecule has 6 atom stereocenters. The average molecular weight is 1030 g/mol. The van der Waals surface area contributed by atoms with E-state index >= 15 is 0 Å². The van der Waals surface area contributed by atoms with Gasteiger partial charge in [-0.2, -0.15) is 0 Å². The third kappa shape index (κ3) is 39.6. The number of aliphatic hydroxyl groups excluding tert-OH is 5. The first-order valence-electron chi connectivity index (χ1n) is 29.3. The Labute approximate surface area is 433 Å². The van der Waals surface area contributed by atoms with E-state index in [0.29, 0.717) is 13.0 Å². The van der Waals surface area contributed by atoms with Crippen molar-refractivity contribution in [1.82, 2.24) is 0 Å². The normalized spacial score (nSPS) is 21.0. The van der Waals surface area contributed by atoms with Crippen LogP contribution in [0.15, 0.2) is 36.5 Å². The van der Waals surface area contributed by atoms with Crippen LogP contribution in [-0.4, -0.2) is 98.9 Å². The third-order valence-electron chi connectivity index (χ3n) is 13.8. The molecule has 71 heavy (non-hydrogen) atoms. The largest absolute Gasteiger partial charge is 0.472 e. The highest BCUT2D eigenvalue weighted by Gasteiger charge is 2.51. The summed E-state index contributed by atoms with van der Waals surface area (Å²) in [6.45, 7) is 4.29. The number of esters is 1. The molecule has 1 aliphatic rings. The van der Waals surface area contributed by atoms with Crippen LogP contribution in [0.25, 0.3) is 0 Å². The molecule has 0 aromatic carbocycles. The summed E-state index contributed by atoms with van der Waals surface area (Å²) in [7, 11) is -5.03. The van der Waals surface area contributed by atoms with Crippen LogP contribution in [0.3, 0.4) is 0 Å². The van der Waals surface area contributed by atoms with Gasteiger partial charge in [0.25, 0.3) is 0 Å². The van der Waals surface area contributed by atoms with E-state index in [1.54, 1.807) is 0 Å². The molecule has 0 aliphatic heterocycles. The average Bonchev–Trinajstić information content (AvgIpc) is 3.36. The standard InChI is InChI=1S/C58H109O12P/c1-3-5-7-9-11-13-15-17-19-21-23-25-26-27-28-30-32-34-36-38-40-42-44-46-48-67-49-51(50-68-71(65,66)70-58-56(63)54(61)53(60)55(62)57(58)64)69-52(59)47-45-43-41-39-37-35-33-31-29-24-22-20-18-16-14-12-10-8-6-4-2/h15,17,21,23,26-27,51,53-58,60-64H,3-14,16,18-20,22,24-25,28-50H2,1-2H3,(H,65,66)/b17-15-,23-21-,27-26-. The van der Waals surface area contributed by atoms with Crippen molar-refractivity contribution in [2.24, 2.45) is 0 Å². The Balaban J connectivity index is 2.28. The molecule has 6 N–H and O–H groups in total. The maximum atomic E-state index is 12.9. The van der Waals surface area contributed by atoms with Gasteiger partial charge in [0.15, 0.2) is 0 Å². The minimum absolute atomic E-state index is 0.0772. The van der Waals surface area contributed by atoms with Gasteiger partial charge in [0.1, 0.15) is 42.7 Å². The Kier molecular flexibility index (Phi) is 45.9. The number of aliphatic hydroxyl groups is 5. The van der Waals surface area contributed by atoms with E-state index in [4.69, 9.17) is 18.5 Å². The molecule has 0 radical (unpaired) electrons. The fourth-order valence-electron chi connectivity index (χ4n) is 9.13. The maximum absolute atomic E-state index is 12.9. The summed E-state index contributed by atoms with van der Waals surface area (Å²) in [6.07, 6.45) is 47.8. The summed E-state index contributed by atoms with van der Waals surface area (Å²) in [5.74, 6) is -0.474. The lowest BCUT2D eigenvalue weighted by Gasteiger charge is -2.41. The van der Waals surface area contributed by atoms with Crippen molar-refractivity contribution in [2.75, 3.05) is 19.8 Å². The number of phosphoric acid groups is 1. The first-order valence-corrected chi connectivity index (χ1v) is 30.8. The number of hydrogen-bond donors (Lipinski definition) is 6. The van der Waals surface area contributed by atoms with Crippen LogP contribution >= 0.6 is 7.82 Å². The quantitative estimate of drug-likeness (QED) is 0.0146. The summed E-state index contributed by atoms with van der Waals surface area (Å²) in [5.41, 5.74) is 0. The predicted octanol–water partition coefficient (Wildman–Crippen LogP) is 14.2. The Hall–Kier alpha value is -1.44. The molecule has 1 fully saturated rings. The van der Waals surface area contributed by atoms with E-state index < -0.39 is 63.1 Å². The van der Waals surface area contributed by atoms with Crippen molar-refractivity contribution < 1.29 is 58.3 Å². The van der Waals surface area contributed by atoms with Crippen molar-refractivity contribution in [1.29, 1.82) is 0 Å². The zero-order chi connectivity index (χ0) is 51.9. The zero-order valence-corrected chi connectivity index (χ0v) is 46.2. The summed E-state index contributed by atoms with van der Waals surface area (Å²) in [5, 5.41) is 50.4. The fraction of sp³-hybridized carbons (Fsp3) is 0.879. The van der Waals surface area contributed by atoms with Crippen molar-refractivity contribution in [2.45, 2.75) is 307 Å². The van der Waals surface area contributed by atoms with E-state index in [9.17, 15) is 39.8 Å². The van der Waals surface area contributed by atoms with E-state index in [-0.39, 0.29) is 13.0 Å². The highest BCUT2D eigenvalue weighted by molar-refractivity contribution is 7.47. The molecule has 0 aromatic heterocycles. The van der Waals surface area contributed by atoms with Crippen LogP contribution in [0.4, 0.5) is 0 Å². The van der Waals surface area contributed by atoms with Crippen LogP contribution in [0.1, 0.15) is 264 Å². The van der Waals surface area contributed by atoms with Gasteiger partial charge in [-0.25, -0.2) is 4.57 Å². The van der Waals surface area contributed by atoms with Gasteiger partial charge < -0.3 is 39.9 Å². The summed E-state index contributed by atoms with van der Waals surface area (Å²) >= 11 is 0. The number of rotatable bonds is 51.